The molecule has 6 heteroatoms. The summed E-state index contributed by atoms with van der Waals surface area (Å²) in [6, 6.07) is 7.56. The first-order chi connectivity index (χ1) is 9.65. The first-order valence-corrected chi connectivity index (χ1v) is 6.91. The molecule has 1 N–H and O–H groups in total. The molecule has 1 amide bonds. The summed E-state index contributed by atoms with van der Waals surface area (Å²) in [5.41, 5.74) is 0.294. The summed E-state index contributed by atoms with van der Waals surface area (Å²) in [4.78, 5) is 19.6. The van der Waals surface area contributed by atoms with Gasteiger partial charge in [-0.3, -0.25) is 9.78 Å². The second-order valence-electron chi connectivity index (χ2n) is 4.19. The molecule has 2 aromatic rings. The van der Waals surface area contributed by atoms with Crippen LogP contribution >= 0.6 is 15.9 Å². The molecule has 1 unspecified atom stereocenters. The van der Waals surface area contributed by atoms with Gasteiger partial charge in [-0.1, -0.05) is 22.0 Å². The molecule has 0 aliphatic rings. The van der Waals surface area contributed by atoms with E-state index in [0.29, 0.717) is 12.2 Å². The van der Waals surface area contributed by atoms with Crippen molar-refractivity contribution >= 4 is 21.8 Å². The van der Waals surface area contributed by atoms with Crippen LogP contribution in [-0.4, -0.2) is 28.5 Å². The van der Waals surface area contributed by atoms with E-state index in [0.717, 1.165) is 10.2 Å². The maximum atomic E-state index is 11.8. The van der Waals surface area contributed by atoms with E-state index in [4.69, 9.17) is 4.74 Å². The quantitative estimate of drug-likeness (QED) is 0.911. The monoisotopic (exact) mass is 335 g/mol. The van der Waals surface area contributed by atoms with Gasteiger partial charge in [0.15, 0.2) is 0 Å². The Labute approximate surface area is 125 Å². The number of amides is 1. The van der Waals surface area contributed by atoms with E-state index < -0.39 is 0 Å². The fourth-order valence-electron chi connectivity index (χ4n) is 1.56. The molecule has 0 saturated carbocycles. The highest BCUT2D eigenvalue weighted by Gasteiger charge is 2.10. The number of carbonyl (C=O) groups excluding carboxylic acids is 1. The third-order valence-electron chi connectivity index (χ3n) is 2.48. The number of benzene rings is 1. The smallest absolute Gasteiger partial charge is 0.271 e. The molecule has 20 heavy (non-hydrogen) atoms. The van der Waals surface area contributed by atoms with E-state index in [1.54, 1.807) is 0 Å². The van der Waals surface area contributed by atoms with Crippen LogP contribution in [0, 0.1) is 0 Å². The Bertz CT molecular complexity index is 578. The van der Waals surface area contributed by atoms with E-state index in [2.05, 4.69) is 31.2 Å². The molecule has 5 nitrogen and oxygen atoms in total. The maximum Gasteiger partial charge on any atom is 0.271 e. The van der Waals surface area contributed by atoms with Crippen LogP contribution in [0.2, 0.25) is 0 Å². The Balaban J connectivity index is 1.83. The second-order valence-corrected chi connectivity index (χ2v) is 5.10. The highest BCUT2D eigenvalue weighted by atomic mass is 79.9. The fraction of sp³-hybridized carbons (Fsp3) is 0.214. The third-order valence-corrected chi connectivity index (χ3v) is 2.97. The van der Waals surface area contributed by atoms with Crippen molar-refractivity contribution in [2.75, 3.05) is 6.54 Å². The van der Waals surface area contributed by atoms with Crippen LogP contribution in [-0.2, 0) is 0 Å². The molecular formula is C14H14BrN3O2. The summed E-state index contributed by atoms with van der Waals surface area (Å²) in [6.07, 6.45) is 4.28. The zero-order chi connectivity index (χ0) is 14.4. The lowest BCUT2D eigenvalue weighted by atomic mass is 10.3. The minimum atomic E-state index is -0.261. The molecule has 2 rings (SSSR count). The largest absolute Gasteiger partial charge is 0.489 e. The molecule has 0 aliphatic carbocycles. The van der Waals surface area contributed by atoms with E-state index in [1.165, 1.54) is 18.6 Å². The highest BCUT2D eigenvalue weighted by Crippen LogP contribution is 2.18. The Morgan fingerprint density at radius 1 is 1.45 bits per heavy atom. The Hall–Kier alpha value is -1.95. The molecular weight excluding hydrogens is 322 g/mol. The van der Waals surface area contributed by atoms with Crippen molar-refractivity contribution in [1.82, 2.24) is 15.3 Å². The second kappa shape index (κ2) is 7.00. The number of hydrogen-bond donors (Lipinski definition) is 1. The number of nitrogens with one attached hydrogen (secondary N) is 1. The SMILES string of the molecule is CC(CNC(=O)c1cnccn1)Oc1cccc(Br)c1. The summed E-state index contributed by atoms with van der Waals surface area (Å²) in [5, 5.41) is 2.76. The Morgan fingerprint density at radius 3 is 3.00 bits per heavy atom. The fourth-order valence-corrected chi connectivity index (χ4v) is 1.94. The molecule has 1 heterocycles. The molecule has 0 saturated heterocycles. The van der Waals surface area contributed by atoms with Crippen LogP contribution in [0.1, 0.15) is 17.4 Å². The van der Waals surface area contributed by atoms with Crippen molar-refractivity contribution in [1.29, 1.82) is 0 Å². The number of halogens is 1. The van der Waals surface area contributed by atoms with Gasteiger partial charge in [0.25, 0.3) is 5.91 Å². The van der Waals surface area contributed by atoms with Gasteiger partial charge >= 0.3 is 0 Å². The highest BCUT2D eigenvalue weighted by molar-refractivity contribution is 9.10. The lowest BCUT2D eigenvalue weighted by Gasteiger charge is -2.15. The number of rotatable bonds is 5. The normalized spacial score (nSPS) is 11.7. The zero-order valence-electron chi connectivity index (χ0n) is 10.9. The molecule has 0 radical (unpaired) electrons. The summed E-state index contributed by atoms with van der Waals surface area (Å²) < 4.78 is 6.65. The molecule has 104 valence electrons. The van der Waals surface area contributed by atoms with Crippen LogP contribution in [0.5, 0.6) is 5.75 Å². The maximum absolute atomic E-state index is 11.8. The lowest BCUT2D eigenvalue weighted by Crippen LogP contribution is -2.34. The van der Waals surface area contributed by atoms with E-state index >= 15 is 0 Å². The number of ether oxygens (including phenoxy) is 1. The number of nitrogens with zero attached hydrogens (tertiary/aromatic N) is 2. The average molecular weight is 336 g/mol. The third kappa shape index (κ3) is 4.31. The van der Waals surface area contributed by atoms with E-state index in [9.17, 15) is 4.79 Å². The lowest BCUT2D eigenvalue weighted by molar-refractivity contribution is 0.0927. The molecule has 0 fully saturated rings. The van der Waals surface area contributed by atoms with Gasteiger partial charge in [0, 0.05) is 16.9 Å². The van der Waals surface area contributed by atoms with Gasteiger partial charge in [-0.25, -0.2) is 4.98 Å². The molecule has 1 aromatic carbocycles. The number of aromatic nitrogens is 2. The predicted molar refractivity (Wildman–Crippen MR) is 78.6 cm³/mol. The average Bonchev–Trinajstić information content (AvgIpc) is 2.46. The predicted octanol–water partition coefficient (Wildman–Crippen LogP) is 2.44. The summed E-state index contributed by atoms with van der Waals surface area (Å²) in [6.45, 7) is 2.28. The molecule has 1 aromatic heterocycles. The van der Waals surface area contributed by atoms with Gasteiger partial charge in [-0.05, 0) is 25.1 Å². The minimum Gasteiger partial charge on any atom is -0.489 e. The summed E-state index contributed by atoms with van der Waals surface area (Å²) >= 11 is 3.38. The van der Waals surface area contributed by atoms with Gasteiger partial charge in [0.2, 0.25) is 0 Å². The van der Waals surface area contributed by atoms with E-state index in [-0.39, 0.29) is 12.0 Å². The van der Waals surface area contributed by atoms with Crippen LogP contribution in [0.3, 0.4) is 0 Å². The first kappa shape index (κ1) is 14.5. The number of carbonyl (C=O) groups is 1. The molecule has 0 aliphatic heterocycles. The minimum absolute atomic E-state index is 0.148. The Kier molecular flexibility index (Phi) is 5.06. The van der Waals surface area contributed by atoms with Crippen LogP contribution in [0.15, 0.2) is 47.3 Å². The van der Waals surface area contributed by atoms with Crippen molar-refractivity contribution < 1.29 is 9.53 Å². The standard InChI is InChI=1S/C14H14BrN3O2/c1-10(20-12-4-2-3-11(15)7-12)8-18-14(19)13-9-16-5-6-17-13/h2-7,9-10H,8H2,1H3,(H,18,19). The number of hydrogen-bond acceptors (Lipinski definition) is 4. The van der Waals surface area contributed by atoms with E-state index in [1.807, 2.05) is 31.2 Å². The van der Waals surface area contributed by atoms with Crippen molar-refractivity contribution in [2.45, 2.75) is 13.0 Å². The van der Waals surface area contributed by atoms with Gasteiger partial charge < -0.3 is 10.1 Å². The summed E-state index contributed by atoms with van der Waals surface area (Å²) in [7, 11) is 0. The van der Waals surface area contributed by atoms with Gasteiger partial charge in [0.1, 0.15) is 17.5 Å². The summed E-state index contributed by atoms with van der Waals surface area (Å²) in [5.74, 6) is 0.489. The van der Waals surface area contributed by atoms with Crippen LogP contribution < -0.4 is 10.1 Å². The topological polar surface area (TPSA) is 64.1 Å². The zero-order valence-corrected chi connectivity index (χ0v) is 12.5. The van der Waals surface area contributed by atoms with Crippen molar-refractivity contribution in [2.24, 2.45) is 0 Å². The van der Waals surface area contributed by atoms with Crippen molar-refractivity contribution in [3.63, 3.8) is 0 Å². The molecule has 1 atom stereocenters. The van der Waals surface area contributed by atoms with Crippen molar-refractivity contribution in [3.05, 3.63) is 53.0 Å². The van der Waals surface area contributed by atoms with Gasteiger partial charge in [-0.2, -0.15) is 0 Å². The van der Waals surface area contributed by atoms with Gasteiger partial charge in [-0.15, -0.1) is 0 Å². The van der Waals surface area contributed by atoms with Crippen molar-refractivity contribution in [3.8, 4) is 5.75 Å². The molecule has 0 spiro atoms. The van der Waals surface area contributed by atoms with Crippen LogP contribution in [0.25, 0.3) is 0 Å². The van der Waals surface area contributed by atoms with Gasteiger partial charge in [0.05, 0.1) is 12.7 Å². The Morgan fingerprint density at radius 2 is 2.30 bits per heavy atom. The molecule has 0 bridgehead atoms. The van der Waals surface area contributed by atoms with Crippen LogP contribution in [0.4, 0.5) is 0 Å². The first-order valence-electron chi connectivity index (χ1n) is 6.11.